The van der Waals surface area contributed by atoms with E-state index in [4.69, 9.17) is 0 Å². The number of hydrogen-bond donors (Lipinski definition) is 1. The summed E-state index contributed by atoms with van der Waals surface area (Å²) in [6.45, 7) is 9.02. The summed E-state index contributed by atoms with van der Waals surface area (Å²) in [4.78, 5) is 8.13. The Morgan fingerprint density at radius 2 is 2.38 bits per heavy atom. The predicted molar refractivity (Wildman–Crippen MR) is 68.7 cm³/mol. The van der Waals surface area contributed by atoms with Crippen LogP contribution >= 0.6 is 11.3 Å². The first-order valence-electron chi connectivity index (χ1n) is 5.95. The number of nitrogens with one attached hydrogen (secondary N) is 1. The Labute approximate surface area is 102 Å². The number of nitrogens with zero attached hydrogens (tertiary/aromatic N) is 2. The minimum absolute atomic E-state index is 0.804. The van der Waals surface area contributed by atoms with Gasteiger partial charge in [0.15, 0.2) is 0 Å². The average Bonchev–Trinajstić information content (AvgIpc) is 2.79. The van der Waals surface area contributed by atoms with Crippen LogP contribution in [0.15, 0.2) is 5.51 Å². The molecular formula is C12H21N3S. The van der Waals surface area contributed by atoms with Gasteiger partial charge in [-0.15, -0.1) is 11.3 Å². The van der Waals surface area contributed by atoms with Gasteiger partial charge >= 0.3 is 0 Å². The Hall–Kier alpha value is -0.450. The van der Waals surface area contributed by atoms with Gasteiger partial charge in [-0.3, -0.25) is 0 Å². The fourth-order valence-corrected chi connectivity index (χ4v) is 3.15. The van der Waals surface area contributed by atoms with Crippen LogP contribution < -0.4 is 5.32 Å². The van der Waals surface area contributed by atoms with Gasteiger partial charge in [0.05, 0.1) is 11.2 Å². The molecule has 3 nitrogen and oxygen atoms in total. The van der Waals surface area contributed by atoms with Crippen LogP contribution in [0, 0.1) is 18.8 Å². The first-order valence-corrected chi connectivity index (χ1v) is 6.83. The summed E-state index contributed by atoms with van der Waals surface area (Å²) < 4.78 is 0. The van der Waals surface area contributed by atoms with E-state index < -0.39 is 0 Å². The minimum atomic E-state index is 0.804. The lowest BCUT2D eigenvalue weighted by molar-refractivity contribution is 0.254. The molecule has 2 heterocycles. The van der Waals surface area contributed by atoms with Crippen molar-refractivity contribution in [2.75, 3.05) is 26.7 Å². The maximum atomic E-state index is 4.30. The number of aromatic nitrogens is 1. The van der Waals surface area contributed by atoms with Crippen molar-refractivity contribution in [1.29, 1.82) is 0 Å². The summed E-state index contributed by atoms with van der Waals surface area (Å²) in [5.41, 5.74) is 3.13. The standard InChI is InChI=1S/C12H21N3S/c1-9-4-13-5-11(9)6-15(3)7-12-10(2)14-8-16-12/h8-9,11,13H,4-7H2,1-3H3. The lowest BCUT2D eigenvalue weighted by Gasteiger charge is -2.22. The summed E-state index contributed by atoms with van der Waals surface area (Å²) in [6.07, 6.45) is 0. The molecule has 1 aliphatic rings. The second kappa shape index (κ2) is 5.25. The van der Waals surface area contributed by atoms with E-state index in [0.717, 1.165) is 18.4 Å². The zero-order chi connectivity index (χ0) is 11.5. The van der Waals surface area contributed by atoms with E-state index in [2.05, 4.69) is 36.1 Å². The van der Waals surface area contributed by atoms with Crippen molar-refractivity contribution in [2.24, 2.45) is 11.8 Å². The van der Waals surface area contributed by atoms with Crippen LogP contribution in [0.1, 0.15) is 17.5 Å². The maximum absolute atomic E-state index is 4.30. The molecule has 2 rings (SSSR count). The van der Waals surface area contributed by atoms with Crippen LogP contribution in [0.2, 0.25) is 0 Å². The third kappa shape index (κ3) is 2.81. The molecule has 0 aromatic carbocycles. The average molecular weight is 239 g/mol. The quantitative estimate of drug-likeness (QED) is 0.867. The normalized spacial score (nSPS) is 25.5. The molecule has 1 N–H and O–H groups in total. The molecule has 0 saturated carbocycles. The highest BCUT2D eigenvalue weighted by atomic mass is 32.1. The van der Waals surface area contributed by atoms with Crippen molar-refractivity contribution < 1.29 is 0 Å². The van der Waals surface area contributed by atoms with E-state index in [0.29, 0.717) is 0 Å². The summed E-state index contributed by atoms with van der Waals surface area (Å²) in [7, 11) is 2.21. The summed E-state index contributed by atoms with van der Waals surface area (Å²) in [5.74, 6) is 1.61. The SMILES string of the molecule is Cc1ncsc1CN(C)CC1CNCC1C. The molecule has 0 radical (unpaired) electrons. The molecular weight excluding hydrogens is 218 g/mol. The number of thiazole rings is 1. The van der Waals surface area contributed by atoms with Crippen LogP contribution in [-0.2, 0) is 6.54 Å². The largest absolute Gasteiger partial charge is 0.316 e. The molecule has 1 aromatic rings. The highest BCUT2D eigenvalue weighted by molar-refractivity contribution is 7.09. The molecule has 2 atom stereocenters. The number of hydrogen-bond acceptors (Lipinski definition) is 4. The smallest absolute Gasteiger partial charge is 0.0798 e. The molecule has 1 fully saturated rings. The molecule has 1 aliphatic heterocycles. The fraction of sp³-hybridized carbons (Fsp3) is 0.750. The topological polar surface area (TPSA) is 28.2 Å². The van der Waals surface area contributed by atoms with Gasteiger partial charge in [0.1, 0.15) is 0 Å². The Bertz CT molecular complexity index is 337. The predicted octanol–water partition coefficient (Wildman–Crippen LogP) is 1.74. The highest BCUT2D eigenvalue weighted by Gasteiger charge is 2.24. The van der Waals surface area contributed by atoms with Crippen molar-refractivity contribution in [3.05, 3.63) is 16.1 Å². The van der Waals surface area contributed by atoms with Gasteiger partial charge in [0.25, 0.3) is 0 Å². The van der Waals surface area contributed by atoms with E-state index in [1.807, 2.05) is 5.51 Å². The summed E-state index contributed by atoms with van der Waals surface area (Å²) in [6, 6.07) is 0. The van der Waals surface area contributed by atoms with E-state index in [-0.39, 0.29) is 0 Å². The molecule has 0 amide bonds. The highest BCUT2D eigenvalue weighted by Crippen LogP contribution is 2.19. The molecule has 1 saturated heterocycles. The zero-order valence-corrected chi connectivity index (χ0v) is 11.2. The molecule has 1 aromatic heterocycles. The van der Waals surface area contributed by atoms with Crippen molar-refractivity contribution in [3.8, 4) is 0 Å². The fourth-order valence-electron chi connectivity index (χ4n) is 2.30. The molecule has 0 bridgehead atoms. The van der Waals surface area contributed by atoms with Crippen LogP contribution in [0.25, 0.3) is 0 Å². The van der Waals surface area contributed by atoms with Gasteiger partial charge in [0, 0.05) is 18.0 Å². The van der Waals surface area contributed by atoms with Gasteiger partial charge < -0.3 is 10.2 Å². The lowest BCUT2D eigenvalue weighted by atomic mass is 9.98. The van der Waals surface area contributed by atoms with Crippen LogP contribution in [-0.4, -0.2) is 36.6 Å². The minimum Gasteiger partial charge on any atom is -0.316 e. The van der Waals surface area contributed by atoms with E-state index in [1.54, 1.807) is 11.3 Å². The van der Waals surface area contributed by atoms with E-state index in [1.165, 1.54) is 30.2 Å². The van der Waals surface area contributed by atoms with Gasteiger partial charge in [-0.1, -0.05) is 6.92 Å². The van der Waals surface area contributed by atoms with Crippen molar-refractivity contribution in [3.63, 3.8) is 0 Å². The Kier molecular flexibility index (Phi) is 3.95. The van der Waals surface area contributed by atoms with Gasteiger partial charge in [-0.05, 0) is 38.9 Å². The molecule has 0 aliphatic carbocycles. The monoisotopic (exact) mass is 239 g/mol. The Balaban J connectivity index is 1.84. The third-order valence-electron chi connectivity index (χ3n) is 3.48. The second-order valence-corrected chi connectivity index (χ2v) is 5.89. The van der Waals surface area contributed by atoms with Crippen LogP contribution in [0.4, 0.5) is 0 Å². The molecule has 0 spiro atoms. The third-order valence-corrected chi connectivity index (χ3v) is 4.40. The molecule has 16 heavy (non-hydrogen) atoms. The van der Waals surface area contributed by atoms with Crippen molar-refractivity contribution >= 4 is 11.3 Å². The van der Waals surface area contributed by atoms with E-state index in [9.17, 15) is 0 Å². The number of rotatable bonds is 4. The molecule has 2 unspecified atom stereocenters. The van der Waals surface area contributed by atoms with Gasteiger partial charge in [-0.2, -0.15) is 0 Å². The maximum Gasteiger partial charge on any atom is 0.0798 e. The van der Waals surface area contributed by atoms with Gasteiger partial charge in [-0.25, -0.2) is 4.98 Å². The number of aryl methyl sites for hydroxylation is 1. The zero-order valence-electron chi connectivity index (χ0n) is 10.4. The first-order chi connectivity index (χ1) is 7.66. The second-order valence-electron chi connectivity index (χ2n) is 4.95. The van der Waals surface area contributed by atoms with Crippen LogP contribution in [0.3, 0.4) is 0 Å². The molecule has 90 valence electrons. The Morgan fingerprint density at radius 1 is 1.56 bits per heavy atom. The van der Waals surface area contributed by atoms with Crippen LogP contribution in [0.5, 0.6) is 0 Å². The lowest BCUT2D eigenvalue weighted by Crippen LogP contribution is -2.28. The van der Waals surface area contributed by atoms with Crippen molar-refractivity contribution in [1.82, 2.24) is 15.2 Å². The van der Waals surface area contributed by atoms with Gasteiger partial charge in [0.2, 0.25) is 0 Å². The summed E-state index contributed by atoms with van der Waals surface area (Å²) in [5, 5.41) is 3.46. The summed E-state index contributed by atoms with van der Waals surface area (Å²) >= 11 is 1.77. The van der Waals surface area contributed by atoms with E-state index >= 15 is 0 Å². The molecule has 4 heteroatoms. The Morgan fingerprint density at radius 3 is 2.94 bits per heavy atom. The van der Waals surface area contributed by atoms with Crippen molar-refractivity contribution in [2.45, 2.75) is 20.4 Å². The first kappa shape index (κ1) is 12.0.